The largest absolute Gasteiger partial charge is 0.309 e. The minimum Gasteiger partial charge on any atom is -0.309 e. The van der Waals surface area contributed by atoms with E-state index in [4.69, 9.17) is 0 Å². The number of hydrazine groups is 2. The highest BCUT2D eigenvalue weighted by Crippen LogP contribution is 2.23. The van der Waals surface area contributed by atoms with Gasteiger partial charge in [0.25, 0.3) is 5.56 Å². The molecule has 1 aromatic rings. The van der Waals surface area contributed by atoms with Gasteiger partial charge in [0.1, 0.15) is 11.9 Å². The molecule has 82 valence electrons. The molecule has 16 heavy (non-hydrogen) atoms. The predicted octanol–water partition coefficient (Wildman–Crippen LogP) is -0.412. The van der Waals surface area contributed by atoms with Crippen LogP contribution in [-0.4, -0.2) is 21.0 Å². The number of allylic oxidation sites excluding steroid dienone is 2. The van der Waals surface area contributed by atoms with Gasteiger partial charge in [-0.25, -0.2) is 10.4 Å². The summed E-state index contributed by atoms with van der Waals surface area (Å²) in [7, 11) is 0. The summed E-state index contributed by atoms with van der Waals surface area (Å²) in [6.07, 6.45) is 9.41. The van der Waals surface area contributed by atoms with Crippen LogP contribution in [0.15, 0.2) is 41.5 Å². The molecule has 3 rings (SSSR count). The highest BCUT2D eigenvalue weighted by molar-refractivity contribution is 5.19. The molecule has 1 fully saturated rings. The van der Waals surface area contributed by atoms with E-state index in [1.54, 1.807) is 0 Å². The van der Waals surface area contributed by atoms with Gasteiger partial charge in [-0.05, 0) is 6.08 Å². The molecule has 0 saturated carbocycles. The van der Waals surface area contributed by atoms with Crippen molar-refractivity contribution in [2.75, 3.05) is 0 Å². The lowest BCUT2D eigenvalue weighted by Crippen LogP contribution is -2.35. The Morgan fingerprint density at radius 2 is 2.31 bits per heavy atom. The van der Waals surface area contributed by atoms with E-state index in [0.717, 1.165) is 0 Å². The van der Waals surface area contributed by atoms with Crippen LogP contribution in [0.25, 0.3) is 0 Å². The van der Waals surface area contributed by atoms with Gasteiger partial charge in [-0.3, -0.25) is 9.80 Å². The molecule has 0 aliphatic carbocycles. The molecule has 0 amide bonds. The number of fused-ring (bicyclic) bond motifs is 1. The summed E-state index contributed by atoms with van der Waals surface area (Å²) in [5.41, 5.74) is 5.95. The fraction of sp³-hybridized carbons (Fsp3) is 0.200. The summed E-state index contributed by atoms with van der Waals surface area (Å²) < 4.78 is 0. The average Bonchev–Trinajstić information content (AvgIpc) is 2.72. The molecule has 3 heterocycles. The van der Waals surface area contributed by atoms with Crippen molar-refractivity contribution in [2.45, 2.75) is 12.1 Å². The monoisotopic (exact) mass is 217 g/mol. The first-order valence-electron chi connectivity index (χ1n) is 5.04. The fourth-order valence-electron chi connectivity index (χ4n) is 1.90. The standard InChI is InChI=1S/C10H11N5O/c16-8-4-5-11-10(12-8)9-7-3-1-2-6-15(7)14-13-9/h1-7,9,13-14H,(H,11,12,16). The van der Waals surface area contributed by atoms with Gasteiger partial charge >= 0.3 is 0 Å². The van der Waals surface area contributed by atoms with Crippen LogP contribution in [0.2, 0.25) is 0 Å². The van der Waals surface area contributed by atoms with E-state index in [0.29, 0.717) is 5.82 Å². The SMILES string of the molecule is O=c1ccnc(C2NNN3C=CC=CC23)[nH]1. The van der Waals surface area contributed by atoms with Gasteiger partial charge in [0, 0.05) is 18.5 Å². The van der Waals surface area contributed by atoms with Crippen molar-refractivity contribution in [2.24, 2.45) is 0 Å². The first-order valence-corrected chi connectivity index (χ1v) is 5.04. The third-order valence-electron chi connectivity index (χ3n) is 2.66. The second-order valence-electron chi connectivity index (χ2n) is 3.68. The second-order valence-corrected chi connectivity index (χ2v) is 3.68. The molecule has 3 N–H and O–H groups in total. The Bertz CT molecular complexity index is 506. The van der Waals surface area contributed by atoms with E-state index in [1.807, 2.05) is 29.4 Å². The molecule has 2 aliphatic rings. The zero-order valence-electron chi connectivity index (χ0n) is 8.42. The van der Waals surface area contributed by atoms with Gasteiger partial charge in [0.05, 0.1) is 6.04 Å². The molecule has 6 heteroatoms. The van der Waals surface area contributed by atoms with Crippen LogP contribution in [0.3, 0.4) is 0 Å². The summed E-state index contributed by atoms with van der Waals surface area (Å²) in [6.45, 7) is 0. The Hall–Kier alpha value is -1.92. The smallest absolute Gasteiger partial charge is 0.250 e. The predicted molar refractivity (Wildman–Crippen MR) is 57.8 cm³/mol. The number of hydrogen-bond acceptors (Lipinski definition) is 5. The van der Waals surface area contributed by atoms with Crippen LogP contribution >= 0.6 is 0 Å². The summed E-state index contributed by atoms with van der Waals surface area (Å²) in [4.78, 5) is 18.1. The number of hydrogen-bond donors (Lipinski definition) is 3. The van der Waals surface area contributed by atoms with E-state index in [9.17, 15) is 4.79 Å². The van der Waals surface area contributed by atoms with E-state index in [-0.39, 0.29) is 17.6 Å². The Labute approximate surface area is 91.6 Å². The van der Waals surface area contributed by atoms with Gasteiger partial charge < -0.3 is 4.98 Å². The molecule has 1 aromatic heterocycles. The van der Waals surface area contributed by atoms with Gasteiger partial charge in [-0.2, -0.15) is 5.53 Å². The molecule has 1 saturated heterocycles. The van der Waals surface area contributed by atoms with Crippen LogP contribution < -0.4 is 16.5 Å². The quantitative estimate of drug-likeness (QED) is 0.596. The first kappa shape index (κ1) is 9.32. The third kappa shape index (κ3) is 1.44. The summed E-state index contributed by atoms with van der Waals surface area (Å²) >= 11 is 0. The zero-order valence-corrected chi connectivity index (χ0v) is 8.42. The number of aromatic amines is 1. The molecule has 2 unspecified atom stereocenters. The van der Waals surface area contributed by atoms with E-state index in [2.05, 4.69) is 20.9 Å². The van der Waals surface area contributed by atoms with Crippen LogP contribution in [0, 0.1) is 0 Å². The number of nitrogens with one attached hydrogen (secondary N) is 3. The fourth-order valence-corrected chi connectivity index (χ4v) is 1.90. The summed E-state index contributed by atoms with van der Waals surface area (Å²) in [5.74, 6) is 0.632. The number of H-pyrrole nitrogens is 1. The summed E-state index contributed by atoms with van der Waals surface area (Å²) in [5, 5.41) is 1.93. The molecule has 2 atom stereocenters. The highest BCUT2D eigenvalue weighted by atomic mass is 16.1. The van der Waals surface area contributed by atoms with Crippen molar-refractivity contribution in [1.29, 1.82) is 0 Å². The van der Waals surface area contributed by atoms with E-state index < -0.39 is 0 Å². The zero-order chi connectivity index (χ0) is 11.0. The molecule has 0 aromatic carbocycles. The van der Waals surface area contributed by atoms with Gasteiger partial charge in [-0.1, -0.05) is 12.2 Å². The normalized spacial score (nSPS) is 27.1. The first-order chi connectivity index (χ1) is 7.84. The van der Waals surface area contributed by atoms with E-state index in [1.165, 1.54) is 12.3 Å². The van der Waals surface area contributed by atoms with Crippen molar-refractivity contribution in [3.05, 3.63) is 52.9 Å². The van der Waals surface area contributed by atoms with Crippen molar-refractivity contribution < 1.29 is 0 Å². The molecule has 0 spiro atoms. The lowest BCUT2D eigenvalue weighted by atomic mass is 10.1. The average molecular weight is 217 g/mol. The lowest BCUT2D eigenvalue weighted by molar-refractivity contribution is 0.287. The van der Waals surface area contributed by atoms with Gasteiger partial charge in [-0.15, -0.1) is 0 Å². The molecule has 6 nitrogen and oxygen atoms in total. The lowest BCUT2D eigenvalue weighted by Gasteiger charge is -2.22. The Morgan fingerprint density at radius 3 is 3.19 bits per heavy atom. The molecule has 2 aliphatic heterocycles. The topological polar surface area (TPSA) is 73.1 Å². The van der Waals surface area contributed by atoms with Crippen LogP contribution in [0.4, 0.5) is 0 Å². The van der Waals surface area contributed by atoms with Crippen LogP contribution in [0.1, 0.15) is 11.9 Å². The third-order valence-corrected chi connectivity index (χ3v) is 2.66. The van der Waals surface area contributed by atoms with Crippen molar-refractivity contribution >= 4 is 0 Å². The molecule has 0 bridgehead atoms. The van der Waals surface area contributed by atoms with Crippen molar-refractivity contribution in [3.8, 4) is 0 Å². The highest BCUT2D eigenvalue weighted by Gasteiger charge is 2.33. The molecular weight excluding hydrogens is 206 g/mol. The maximum absolute atomic E-state index is 11.2. The Kier molecular flexibility index (Phi) is 2.09. The number of aromatic nitrogens is 2. The minimum absolute atomic E-state index is 0.0601. The van der Waals surface area contributed by atoms with Gasteiger partial charge in [0.15, 0.2) is 0 Å². The van der Waals surface area contributed by atoms with Crippen molar-refractivity contribution in [3.63, 3.8) is 0 Å². The Morgan fingerprint density at radius 1 is 1.38 bits per heavy atom. The second kappa shape index (κ2) is 3.58. The number of rotatable bonds is 1. The maximum atomic E-state index is 11.2. The van der Waals surface area contributed by atoms with Crippen LogP contribution in [0.5, 0.6) is 0 Å². The molecule has 0 radical (unpaired) electrons. The summed E-state index contributed by atoms with van der Waals surface area (Å²) in [6, 6.07) is 1.46. The maximum Gasteiger partial charge on any atom is 0.250 e. The van der Waals surface area contributed by atoms with E-state index >= 15 is 0 Å². The molecular formula is C10H11N5O. The van der Waals surface area contributed by atoms with Crippen molar-refractivity contribution in [1.82, 2.24) is 25.9 Å². The van der Waals surface area contributed by atoms with Crippen LogP contribution in [-0.2, 0) is 0 Å². The minimum atomic E-state index is -0.138. The Balaban J connectivity index is 1.94. The van der Waals surface area contributed by atoms with Gasteiger partial charge in [0.2, 0.25) is 0 Å². The number of nitrogens with zero attached hydrogens (tertiary/aromatic N) is 2.